The summed E-state index contributed by atoms with van der Waals surface area (Å²) in [4.78, 5) is 0. The van der Waals surface area contributed by atoms with Crippen LogP contribution >= 0.6 is 0 Å². The summed E-state index contributed by atoms with van der Waals surface area (Å²) in [6, 6.07) is 0.786. The van der Waals surface area contributed by atoms with Gasteiger partial charge in [0.25, 0.3) is 0 Å². The Hall–Kier alpha value is -0.970. The molecule has 86 valence electrons. The van der Waals surface area contributed by atoms with Gasteiger partial charge < -0.3 is 5.32 Å². The van der Waals surface area contributed by atoms with Crippen LogP contribution in [0.1, 0.15) is 46.5 Å². The fourth-order valence-corrected chi connectivity index (χ4v) is 1.22. The lowest BCUT2D eigenvalue weighted by atomic mass is 10.1. The van der Waals surface area contributed by atoms with Crippen molar-refractivity contribution in [1.82, 2.24) is 25.5 Å². The Kier molecular flexibility index (Phi) is 4.20. The lowest BCUT2D eigenvalue weighted by Gasteiger charge is -2.17. The largest absolute Gasteiger partial charge is 0.308 e. The number of rotatable bonds is 5. The second-order valence-corrected chi connectivity index (χ2v) is 4.56. The molecule has 0 spiro atoms. The maximum absolute atomic E-state index is 4.03. The summed E-state index contributed by atoms with van der Waals surface area (Å²) in [5, 5.41) is 15.1. The van der Waals surface area contributed by atoms with E-state index in [-0.39, 0.29) is 0 Å². The van der Waals surface area contributed by atoms with Crippen LogP contribution in [0.15, 0.2) is 0 Å². The summed E-state index contributed by atoms with van der Waals surface area (Å²) in [5.74, 6) is 1.44. The summed E-state index contributed by atoms with van der Waals surface area (Å²) in [5.41, 5.74) is 0. The SMILES string of the molecule is CC(C)NCc1nnnn1C(C)C(C)C. The minimum atomic E-state index is 0.337. The fraction of sp³-hybridized carbons (Fsp3) is 0.900. The highest BCUT2D eigenvalue weighted by Crippen LogP contribution is 2.15. The van der Waals surface area contributed by atoms with Crippen molar-refractivity contribution in [2.45, 2.75) is 53.2 Å². The molecule has 0 amide bonds. The van der Waals surface area contributed by atoms with Gasteiger partial charge in [0.2, 0.25) is 0 Å². The smallest absolute Gasteiger partial charge is 0.165 e. The first-order valence-electron chi connectivity index (χ1n) is 5.52. The van der Waals surface area contributed by atoms with Gasteiger partial charge in [0, 0.05) is 6.04 Å². The summed E-state index contributed by atoms with van der Waals surface area (Å²) >= 11 is 0. The maximum atomic E-state index is 4.03. The second kappa shape index (κ2) is 5.21. The predicted molar refractivity (Wildman–Crippen MR) is 59.3 cm³/mol. The zero-order valence-corrected chi connectivity index (χ0v) is 10.2. The van der Waals surface area contributed by atoms with Gasteiger partial charge in [0.1, 0.15) is 0 Å². The van der Waals surface area contributed by atoms with Crippen LogP contribution in [0.2, 0.25) is 0 Å². The molecule has 1 aromatic heterocycles. The number of nitrogens with zero attached hydrogens (tertiary/aromatic N) is 4. The van der Waals surface area contributed by atoms with Crippen LogP contribution in [-0.2, 0) is 6.54 Å². The third kappa shape index (κ3) is 3.27. The monoisotopic (exact) mass is 211 g/mol. The van der Waals surface area contributed by atoms with Crippen LogP contribution in [0.5, 0.6) is 0 Å². The molecule has 5 nitrogen and oxygen atoms in total. The Bertz CT molecular complexity index is 292. The molecule has 0 aromatic carbocycles. The highest BCUT2D eigenvalue weighted by Gasteiger charge is 2.15. The van der Waals surface area contributed by atoms with Crippen molar-refractivity contribution in [2.24, 2.45) is 5.92 Å². The first kappa shape index (κ1) is 12.1. The van der Waals surface area contributed by atoms with Gasteiger partial charge in [-0.25, -0.2) is 4.68 Å². The number of nitrogens with one attached hydrogen (secondary N) is 1. The van der Waals surface area contributed by atoms with Crippen LogP contribution in [0.25, 0.3) is 0 Å². The van der Waals surface area contributed by atoms with Crippen LogP contribution in [-0.4, -0.2) is 26.2 Å². The molecule has 1 unspecified atom stereocenters. The van der Waals surface area contributed by atoms with Crippen molar-refractivity contribution in [3.05, 3.63) is 5.82 Å². The van der Waals surface area contributed by atoms with Gasteiger partial charge in [-0.1, -0.05) is 27.7 Å². The average Bonchev–Trinajstić information content (AvgIpc) is 2.60. The molecule has 0 aliphatic carbocycles. The molecular weight excluding hydrogens is 190 g/mol. The molecule has 1 rings (SSSR count). The maximum Gasteiger partial charge on any atom is 0.165 e. The summed E-state index contributed by atoms with van der Waals surface area (Å²) < 4.78 is 1.90. The average molecular weight is 211 g/mol. The van der Waals surface area contributed by atoms with Gasteiger partial charge in [-0.15, -0.1) is 5.10 Å². The standard InChI is InChI=1S/C10H21N5/c1-7(2)9(5)15-10(12-13-14-15)6-11-8(3)4/h7-9,11H,6H2,1-5H3. The summed E-state index contributed by atoms with van der Waals surface area (Å²) in [6.45, 7) is 11.4. The molecule has 0 aliphatic rings. The van der Waals surface area contributed by atoms with E-state index in [0.29, 0.717) is 18.0 Å². The summed E-state index contributed by atoms with van der Waals surface area (Å²) in [6.07, 6.45) is 0. The minimum absolute atomic E-state index is 0.337. The molecule has 1 N–H and O–H groups in total. The quantitative estimate of drug-likeness (QED) is 0.799. The van der Waals surface area contributed by atoms with Crippen molar-refractivity contribution in [1.29, 1.82) is 0 Å². The van der Waals surface area contributed by atoms with Gasteiger partial charge >= 0.3 is 0 Å². The van der Waals surface area contributed by atoms with Crippen molar-refractivity contribution < 1.29 is 0 Å². The van der Waals surface area contributed by atoms with E-state index in [9.17, 15) is 0 Å². The zero-order chi connectivity index (χ0) is 11.4. The van der Waals surface area contributed by atoms with Gasteiger partial charge in [-0.3, -0.25) is 0 Å². The Morgan fingerprint density at radius 1 is 1.20 bits per heavy atom. The number of hydrogen-bond acceptors (Lipinski definition) is 4. The molecule has 1 atom stereocenters. The van der Waals surface area contributed by atoms with Crippen LogP contribution in [0, 0.1) is 5.92 Å². The van der Waals surface area contributed by atoms with Crippen molar-refractivity contribution in [3.8, 4) is 0 Å². The predicted octanol–water partition coefficient (Wildman–Crippen LogP) is 1.39. The minimum Gasteiger partial charge on any atom is -0.308 e. The van der Waals surface area contributed by atoms with E-state index in [2.05, 4.69) is 55.5 Å². The van der Waals surface area contributed by atoms with E-state index in [1.807, 2.05) is 4.68 Å². The highest BCUT2D eigenvalue weighted by molar-refractivity contribution is 4.84. The topological polar surface area (TPSA) is 55.6 Å². The molecule has 15 heavy (non-hydrogen) atoms. The molecule has 5 heteroatoms. The molecule has 1 heterocycles. The van der Waals surface area contributed by atoms with E-state index in [1.54, 1.807) is 0 Å². The van der Waals surface area contributed by atoms with Gasteiger partial charge in [-0.05, 0) is 23.3 Å². The lowest BCUT2D eigenvalue weighted by molar-refractivity contribution is 0.353. The van der Waals surface area contributed by atoms with Crippen LogP contribution in [0.4, 0.5) is 0 Å². The Morgan fingerprint density at radius 3 is 2.40 bits per heavy atom. The first-order chi connectivity index (χ1) is 7.02. The Labute approximate surface area is 91.2 Å². The van der Waals surface area contributed by atoms with Crippen molar-refractivity contribution in [3.63, 3.8) is 0 Å². The van der Waals surface area contributed by atoms with E-state index >= 15 is 0 Å². The summed E-state index contributed by atoms with van der Waals surface area (Å²) in [7, 11) is 0. The van der Waals surface area contributed by atoms with E-state index < -0.39 is 0 Å². The Morgan fingerprint density at radius 2 is 1.87 bits per heavy atom. The second-order valence-electron chi connectivity index (χ2n) is 4.56. The van der Waals surface area contributed by atoms with Gasteiger partial charge in [0.15, 0.2) is 5.82 Å². The normalized spacial score (nSPS) is 13.8. The number of tetrazole rings is 1. The molecule has 0 saturated heterocycles. The Balaban J connectivity index is 2.69. The fourth-order valence-electron chi connectivity index (χ4n) is 1.22. The van der Waals surface area contributed by atoms with Gasteiger partial charge in [0.05, 0.1) is 12.6 Å². The van der Waals surface area contributed by atoms with Crippen LogP contribution < -0.4 is 5.32 Å². The third-order valence-corrected chi connectivity index (χ3v) is 2.58. The van der Waals surface area contributed by atoms with Crippen LogP contribution in [0.3, 0.4) is 0 Å². The third-order valence-electron chi connectivity index (χ3n) is 2.58. The van der Waals surface area contributed by atoms with Crippen molar-refractivity contribution in [2.75, 3.05) is 0 Å². The molecule has 1 aromatic rings. The van der Waals surface area contributed by atoms with E-state index in [0.717, 1.165) is 12.4 Å². The number of hydrogen-bond donors (Lipinski definition) is 1. The molecule has 0 fully saturated rings. The zero-order valence-electron chi connectivity index (χ0n) is 10.2. The molecular formula is C10H21N5. The first-order valence-corrected chi connectivity index (χ1v) is 5.52. The molecule has 0 bridgehead atoms. The number of aromatic nitrogens is 4. The lowest BCUT2D eigenvalue weighted by Crippen LogP contribution is -2.26. The van der Waals surface area contributed by atoms with Gasteiger partial charge in [-0.2, -0.15) is 0 Å². The molecule has 0 aliphatic heterocycles. The van der Waals surface area contributed by atoms with Crippen molar-refractivity contribution >= 4 is 0 Å². The molecule has 0 radical (unpaired) electrons. The highest BCUT2D eigenvalue weighted by atomic mass is 15.6. The van der Waals surface area contributed by atoms with E-state index in [1.165, 1.54) is 0 Å². The molecule has 0 saturated carbocycles. The van der Waals surface area contributed by atoms with E-state index in [4.69, 9.17) is 0 Å².